The fourth-order valence-electron chi connectivity index (χ4n) is 1.79. The van der Waals surface area contributed by atoms with Crippen molar-refractivity contribution >= 4 is 22.9 Å². The van der Waals surface area contributed by atoms with Gasteiger partial charge in [-0.3, -0.25) is 0 Å². The minimum atomic E-state index is -0.266. The fourth-order valence-corrected chi connectivity index (χ4v) is 1.92. The van der Waals surface area contributed by atoms with Crippen LogP contribution < -0.4 is 10.6 Å². The number of hydrogen-bond donors (Lipinski definition) is 1. The van der Waals surface area contributed by atoms with Gasteiger partial charge < -0.3 is 10.6 Å². The summed E-state index contributed by atoms with van der Waals surface area (Å²) < 4.78 is 14.0. The third kappa shape index (κ3) is 3.40. The summed E-state index contributed by atoms with van der Waals surface area (Å²) >= 11 is 4.83. The third-order valence-electron chi connectivity index (χ3n) is 2.63. The van der Waals surface area contributed by atoms with Crippen molar-refractivity contribution < 1.29 is 4.39 Å². The monoisotopic (exact) mass is 254 g/mol. The van der Waals surface area contributed by atoms with Gasteiger partial charge in [0.05, 0.1) is 5.69 Å². The highest BCUT2D eigenvalue weighted by Crippen LogP contribution is 2.22. The van der Waals surface area contributed by atoms with Crippen molar-refractivity contribution in [1.82, 2.24) is 0 Å². The lowest BCUT2D eigenvalue weighted by Crippen LogP contribution is -2.32. The molecular formula is C13H19FN2S. The molecule has 0 saturated carbocycles. The second-order valence-corrected chi connectivity index (χ2v) is 4.76. The SMILES string of the molecule is CCCN(c1ccc(C(N)=S)cc1F)C(C)C. The van der Waals surface area contributed by atoms with E-state index in [0.717, 1.165) is 13.0 Å². The van der Waals surface area contributed by atoms with Crippen LogP contribution in [0, 0.1) is 5.82 Å². The van der Waals surface area contributed by atoms with Gasteiger partial charge in [0.1, 0.15) is 10.8 Å². The third-order valence-corrected chi connectivity index (χ3v) is 2.87. The average molecular weight is 254 g/mol. The first-order valence-corrected chi connectivity index (χ1v) is 6.24. The fraction of sp³-hybridized carbons (Fsp3) is 0.462. The van der Waals surface area contributed by atoms with Crippen LogP contribution in [0.3, 0.4) is 0 Å². The van der Waals surface area contributed by atoms with Crippen molar-refractivity contribution in [2.75, 3.05) is 11.4 Å². The van der Waals surface area contributed by atoms with Crippen LogP contribution in [0.2, 0.25) is 0 Å². The molecule has 1 aromatic rings. The Morgan fingerprint density at radius 1 is 1.47 bits per heavy atom. The predicted octanol–water partition coefficient (Wildman–Crippen LogP) is 3.08. The molecule has 4 heteroatoms. The highest BCUT2D eigenvalue weighted by Gasteiger charge is 2.14. The summed E-state index contributed by atoms with van der Waals surface area (Å²) in [5.41, 5.74) is 6.66. The quantitative estimate of drug-likeness (QED) is 0.819. The zero-order valence-corrected chi connectivity index (χ0v) is 11.4. The number of anilines is 1. The van der Waals surface area contributed by atoms with Gasteiger partial charge in [0.15, 0.2) is 0 Å². The summed E-state index contributed by atoms with van der Waals surface area (Å²) in [5.74, 6) is -0.266. The van der Waals surface area contributed by atoms with Crippen LogP contribution in [0.1, 0.15) is 32.8 Å². The number of hydrogen-bond acceptors (Lipinski definition) is 2. The lowest BCUT2D eigenvalue weighted by Gasteiger charge is -2.29. The van der Waals surface area contributed by atoms with Crippen LogP contribution in [0.4, 0.5) is 10.1 Å². The van der Waals surface area contributed by atoms with E-state index in [1.54, 1.807) is 12.1 Å². The van der Waals surface area contributed by atoms with Crippen molar-refractivity contribution in [3.05, 3.63) is 29.6 Å². The van der Waals surface area contributed by atoms with E-state index in [0.29, 0.717) is 11.3 Å². The van der Waals surface area contributed by atoms with Gasteiger partial charge in [0.25, 0.3) is 0 Å². The summed E-state index contributed by atoms with van der Waals surface area (Å²) in [6.07, 6.45) is 0.981. The van der Waals surface area contributed by atoms with Gasteiger partial charge in [-0.05, 0) is 38.5 Å². The van der Waals surface area contributed by atoms with Crippen LogP contribution in [-0.4, -0.2) is 17.6 Å². The molecule has 0 bridgehead atoms. The molecule has 0 aromatic heterocycles. The molecule has 0 atom stereocenters. The maximum absolute atomic E-state index is 14.0. The predicted molar refractivity (Wildman–Crippen MR) is 75.1 cm³/mol. The summed E-state index contributed by atoms with van der Waals surface area (Å²) in [7, 11) is 0. The van der Waals surface area contributed by atoms with Crippen LogP contribution in [0.15, 0.2) is 18.2 Å². The minimum absolute atomic E-state index is 0.224. The zero-order chi connectivity index (χ0) is 13.0. The van der Waals surface area contributed by atoms with Crippen molar-refractivity contribution in [2.24, 2.45) is 5.73 Å². The molecule has 0 radical (unpaired) electrons. The van der Waals surface area contributed by atoms with Crippen LogP contribution in [0.25, 0.3) is 0 Å². The van der Waals surface area contributed by atoms with E-state index in [-0.39, 0.29) is 16.8 Å². The lowest BCUT2D eigenvalue weighted by molar-refractivity contribution is 0.596. The van der Waals surface area contributed by atoms with Crippen molar-refractivity contribution in [3.63, 3.8) is 0 Å². The molecule has 0 aliphatic carbocycles. The molecule has 0 unspecified atom stereocenters. The van der Waals surface area contributed by atoms with Gasteiger partial charge in [-0.1, -0.05) is 19.1 Å². The Morgan fingerprint density at radius 2 is 2.12 bits per heavy atom. The number of nitrogens with zero attached hydrogens (tertiary/aromatic N) is 1. The molecule has 0 aliphatic heterocycles. The molecule has 2 N–H and O–H groups in total. The Balaban J connectivity index is 3.08. The molecule has 0 heterocycles. The van der Waals surface area contributed by atoms with Crippen LogP contribution >= 0.6 is 12.2 Å². The van der Waals surface area contributed by atoms with Gasteiger partial charge in [0, 0.05) is 18.2 Å². The highest BCUT2D eigenvalue weighted by atomic mass is 32.1. The van der Waals surface area contributed by atoms with Crippen LogP contribution in [-0.2, 0) is 0 Å². The topological polar surface area (TPSA) is 29.3 Å². The van der Waals surface area contributed by atoms with Crippen molar-refractivity contribution in [3.8, 4) is 0 Å². The first-order chi connectivity index (χ1) is 7.97. The number of nitrogens with two attached hydrogens (primary N) is 1. The van der Waals surface area contributed by atoms with Gasteiger partial charge >= 0.3 is 0 Å². The minimum Gasteiger partial charge on any atom is -0.389 e. The lowest BCUT2D eigenvalue weighted by atomic mass is 10.1. The standard InChI is InChI=1S/C13H19FN2S/c1-4-7-16(9(2)3)12-6-5-10(13(15)17)8-11(12)14/h5-6,8-9H,4,7H2,1-3H3,(H2,15,17). The summed E-state index contributed by atoms with van der Waals surface area (Å²) in [4.78, 5) is 2.26. The molecule has 17 heavy (non-hydrogen) atoms. The second-order valence-electron chi connectivity index (χ2n) is 4.32. The average Bonchev–Trinajstić information content (AvgIpc) is 2.26. The zero-order valence-electron chi connectivity index (χ0n) is 10.5. The summed E-state index contributed by atoms with van der Waals surface area (Å²) in [6.45, 7) is 7.02. The molecule has 1 aromatic carbocycles. The Morgan fingerprint density at radius 3 is 2.53 bits per heavy atom. The number of rotatable bonds is 5. The van der Waals surface area contributed by atoms with E-state index in [2.05, 4.69) is 20.8 Å². The molecule has 94 valence electrons. The van der Waals surface area contributed by atoms with E-state index in [4.69, 9.17) is 18.0 Å². The maximum Gasteiger partial charge on any atom is 0.147 e. The van der Waals surface area contributed by atoms with Gasteiger partial charge in [-0.25, -0.2) is 4.39 Å². The largest absolute Gasteiger partial charge is 0.389 e. The first kappa shape index (κ1) is 13.9. The van der Waals surface area contributed by atoms with E-state index in [1.165, 1.54) is 6.07 Å². The second kappa shape index (κ2) is 5.96. The summed E-state index contributed by atoms with van der Waals surface area (Å²) in [5, 5.41) is 0. The van der Waals surface area contributed by atoms with Crippen molar-refractivity contribution in [2.45, 2.75) is 33.2 Å². The number of benzene rings is 1. The van der Waals surface area contributed by atoms with Gasteiger partial charge in [-0.15, -0.1) is 0 Å². The molecule has 1 rings (SSSR count). The van der Waals surface area contributed by atoms with Crippen molar-refractivity contribution in [1.29, 1.82) is 0 Å². The smallest absolute Gasteiger partial charge is 0.147 e. The van der Waals surface area contributed by atoms with Crippen LogP contribution in [0.5, 0.6) is 0 Å². The molecule has 0 amide bonds. The molecule has 0 spiro atoms. The maximum atomic E-state index is 14.0. The Kier molecular flexibility index (Phi) is 4.87. The highest BCUT2D eigenvalue weighted by molar-refractivity contribution is 7.80. The van der Waals surface area contributed by atoms with E-state index in [9.17, 15) is 4.39 Å². The van der Waals surface area contributed by atoms with E-state index >= 15 is 0 Å². The Hall–Kier alpha value is -1.16. The molecule has 0 saturated heterocycles. The number of halogens is 1. The normalized spacial score (nSPS) is 10.6. The first-order valence-electron chi connectivity index (χ1n) is 5.83. The summed E-state index contributed by atoms with van der Waals surface area (Å²) in [6, 6.07) is 5.19. The van der Waals surface area contributed by atoms with E-state index in [1.807, 2.05) is 4.90 Å². The molecule has 2 nitrogen and oxygen atoms in total. The Labute approximate surface area is 108 Å². The van der Waals surface area contributed by atoms with E-state index < -0.39 is 0 Å². The van der Waals surface area contributed by atoms with Gasteiger partial charge in [0.2, 0.25) is 0 Å². The number of thiocarbonyl (C=S) groups is 1. The molecular weight excluding hydrogens is 235 g/mol. The molecule has 0 fully saturated rings. The molecule has 0 aliphatic rings. The Bertz CT molecular complexity index is 404. The van der Waals surface area contributed by atoms with Gasteiger partial charge in [-0.2, -0.15) is 0 Å².